The first-order chi connectivity index (χ1) is 12.7. The molecule has 5 nitrogen and oxygen atoms in total. The van der Waals surface area contributed by atoms with Gasteiger partial charge in [0.15, 0.2) is 5.82 Å². The van der Waals surface area contributed by atoms with Crippen molar-refractivity contribution in [2.75, 3.05) is 0 Å². The third-order valence-corrected chi connectivity index (χ3v) is 6.54. The summed E-state index contributed by atoms with van der Waals surface area (Å²) in [5, 5.41) is 5.94. The van der Waals surface area contributed by atoms with E-state index in [-0.39, 0.29) is 5.41 Å². The molecule has 0 amide bonds. The Kier molecular flexibility index (Phi) is 3.83. The second-order valence-electron chi connectivity index (χ2n) is 7.36. The molecule has 7 heteroatoms. The molecule has 3 aromatic rings. The summed E-state index contributed by atoms with van der Waals surface area (Å²) in [6, 6.07) is 5.67. The Bertz CT molecular complexity index is 949. The average molecular weight is 388 g/mol. The van der Waals surface area contributed by atoms with E-state index in [9.17, 15) is 0 Å². The Morgan fingerprint density at radius 2 is 2.15 bits per heavy atom. The van der Waals surface area contributed by atoms with Gasteiger partial charge in [0.05, 0.1) is 22.1 Å². The highest BCUT2D eigenvalue weighted by molar-refractivity contribution is 6.42. The molecule has 134 valence electrons. The largest absolute Gasteiger partial charge is 0.337 e. The van der Waals surface area contributed by atoms with Crippen molar-refractivity contribution in [3.8, 4) is 5.69 Å². The van der Waals surface area contributed by atoms with Gasteiger partial charge in [-0.1, -0.05) is 29.6 Å². The van der Waals surface area contributed by atoms with Crippen molar-refractivity contribution in [3.05, 3.63) is 58.6 Å². The summed E-state index contributed by atoms with van der Waals surface area (Å²) in [6.07, 6.45) is 11.4. The Labute approximate surface area is 162 Å². The molecular formula is C19H19Cl2N5. The fourth-order valence-corrected chi connectivity index (χ4v) is 4.64. The van der Waals surface area contributed by atoms with Gasteiger partial charge in [0.25, 0.3) is 0 Å². The van der Waals surface area contributed by atoms with Crippen molar-refractivity contribution in [1.29, 1.82) is 0 Å². The molecule has 0 unspecified atom stereocenters. The maximum atomic E-state index is 6.25. The summed E-state index contributed by atoms with van der Waals surface area (Å²) >= 11 is 12.3. The number of nitrogens with zero attached hydrogens (tertiary/aromatic N) is 5. The van der Waals surface area contributed by atoms with Crippen LogP contribution in [0.4, 0.5) is 0 Å². The Morgan fingerprint density at radius 3 is 2.85 bits per heavy atom. The fraction of sp³-hybridized carbons (Fsp3) is 0.421. The number of fused-ring (bicyclic) bond motifs is 1. The van der Waals surface area contributed by atoms with Gasteiger partial charge in [-0.25, -0.2) is 14.6 Å². The van der Waals surface area contributed by atoms with Crippen molar-refractivity contribution in [2.24, 2.45) is 5.92 Å². The van der Waals surface area contributed by atoms with E-state index in [0.717, 1.165) is 36.2 Å². The van der Waals surface area contributed by atoms with Gasteiger partial charge < -0.3 is 4.57 Å². The first kappa shape index (κ1) is 16.3. The minimum atomic E-state index is 0.215. The van der Waals surface area contributed by atoms with Crippen LogP contribution < -0.4 is 0 Å². The van der Waals surface area contributed by atoms with E-state index >= 15 is 0 Å². The zero-order valence-corrected chi connectivity index (χ0v) is 15.8. The first-order valence-corrected chi connectivity index (χ1v) is 9.79. The van der Waals surface area contributed by atoms with Crippen LogP contribution in [0.25, 0.3) is 5.69 Å². The van der Waals surface area contributed by atoms with Gasteiger partial charge in [-0.2, -0.15) is 5.10 Å². The molecular weight excluding hydrogens is 369 g/mol. The van der Waals surface area contributed by atoms with Gasteiger partial charge in [0, 0.05) is 30.8 Å². The normalized spacial score (nSPS) is 24.0. The lowest BCUT2D eigenvalue weighted by Crippen LogP contribution is -2.14. The zero-order valence-electron chi connectivity index (χ0n) is 14.3. The first-order valence-electron chi connectivity index (χ1n) is 9.03. The van der Waals surface area contributed by atoms with Crippen LogP contribution in [0.5, 0.6) is 0 Å². The molecule has 0 saturated heterocycles. The van der Waals surface area contributed by atoms with E-state index in [0.29, 0.717) is 10.0 Å². The third-order valence-electron chi connectivity index (χ3n) is 5.80. The van der Waals surface area contributed by atoms with Crippen molar-refractivity contribution in [2.45, 2.75) is 44.1 Å². The van der Waals surface area contributed by atoms with Crippen LogP contribution in [0, 0.1) is 5.92 Å². The molecule has 0 N–H and O–H groups in total. The van der Waals surface area contributed by atoms with Gasteiger partial charge in [0.1, 0.15) is 5.82 Å². The molecule has 0 bridgehead atoms. The molecule has 2 heterocycles. The van der Waals surface area contributed by atoms with E-state index in [1.807, 2.05) is 40.0 Å². The van der Waals surface area contributed by atoms with Crippen LogP contribution in [0.15, 0.2) is 36.9 Å². The van der Waals surface area contributed by atoms with Crippen molar-refractivity contribution < 1.29 is 0 Å². The minimum absolute atomic E-state index is 0.215. The lowest BCUT2D eigenvalue weighted by Gasteiger charge is -2.13. The number of aromatic nitrogens is 5. The topological polar surface area (TPSA) is 48.5 Å². The lowest BCUT2D eigenvalue weighted by molar-refractivity contribution is 0.586. The van der Waals surface area contributed by atoms with Gasteiger partial charge in [-0.3, -0.25) is 0 Å². The predicted molar refractivity (Wildman–Crippen MR) is 101 cm³/mol. The average Bonchev–Trinajstić information content (AvgIpc) is 3.11. The highest BCUT2D eigenvalue weighted by atomic mass is 35.5. The molecule has 2 atom stereocenters. The van der Waals surface area contributed by atoms with E-state index in [1.165, 1.54) is 25.7 Å². The number of aryl methyl sites for hydroxylation is 2. The van der Waals surface area contributed by atoms with E-state index in [1.54, 1.807) is 6.20 Å². The van der Waals surface area contributed by atoms with E-state index < -0.39 is 0 Å². The molecule has 2 aliphatic carbocycles. The number of rotatable bonds is 5. The minimum Gasteiger partial charge on any atom is -0.337 e. The number of benzene rings is 1. The predicted octanol–water partition coefficient (Wildman–Crippen LogP) is 4.45. The SMILES string of the molecule is Clc1ccc(-n2nc(CCn3ccnc3)nc2[C@@]23CCC[C@H]2C3)cc1Cl. The molecule has 0 radical (unpaired) electrons. The van der Waals surface area contributed by atoms with Crippen molar-refractivity contribution in [1.82, 2.24) is 24.3 Å². The summed E-state index contributed by atoms with van der Waals surface area (Å²) in [4.78, 5) is 9.07. The van der Waals surface area contributed by atoms with Crippen molar-refractivity contribution >= 4 is 23.2 Å². The molecule has 2 aliphatic rings. The van der Waals surface area contributed by atoms with Crippen LogP contribution in [0.1, 0.15) is 37.3 Å². The molecule has 5 rings (SSSR count). The lowest BCUT2D eigenvalue weighted by atomic mass is 10.0. The van der Waals surface area contributed by atoms with E-state index in [2.05, 4.69) is 4.98 Å². The van der Waals surface area contributed by atoms with Gasteiger partial charge in [0.2, 0.25) is 0 Å². The Balaban J connectivity index is 1.52. The monoisotopic (exact) mass is 387 g/mol. The maximum Gasteiger partial charge on any atom is 0.153 e. The maximum absolute atomic E-state index is 6.25. The fourth-order valence-electron chi connectivity index (χ4n) is 4.34. The number of hydrogen-bond acceptors (Lipinski definition) is 3. The van der Waals surface area contributed by atoms with Gasteiger partial charge in [-0.15, -0.1) is 0 Å². The summed E-state index contributed by atoms with van der Waals surface area (Å²) in [7, 11) is 0. The second-order valence-corrected chi connectivity index (χ2v) is 8.18. The quantitative estimate of drug-likeness (QED) is 0.649. The Hall–Kier alpha value is -1.85. The van der Waals surface area contributed by atoms with Crippen molar-refractivity contribution in [3.63, 3.8) is 0 Å². The van der Waals surface area contributed by atoms with Crippen LogP contribution in [-0.2, 0) is 18.4 Å². The zero-order chi connectivity index (χ0) is 17.7. The number of halogens is 2. The Morgan fingerprint density at radius 1 is 1.23 bits per heavy atom. The standard InChI is InChI=1S/C19H19Cl2N5/c20-15-4-3-14(10-16(15)21)26-18(19-6-1-2-13(19)11-19)23-17(24-26)5-8-25-9-7-22-12-25/h3-4,7,9-10,12-13H,1-2,5-6,8,11H2/t13-,19+/m0/s1. The highest BCUT2D eigenvalue weighted by Crippen LogP contribution is 2.64. The van der Waals surface area contributed by atoms with E-state index in [4.69, 9.17) is 33.3 Å². The van der Waals surface area contributed by atoms with Crippen LogP contribution in [0.2, 0.25) is 10.0 Å². The third kappa shape index (κ3) is 2.65. The summed E-state index contributed by atoms with van der Waals surface area (Å²) in [5.74, 6) is 2.72. The van der Waals surface area contributed by atoms with Crippen LogP contribution >= 0.6 is 23.2 Å². The molecule has 1 aromatic carbocycles. The molecule has 26 heavy (non-hydrogen) atoms. The van der Waals surface area contributed by atoms with Crippen LogP contribution in [0.3, 0.4) is 0 Å². The summed E-state index contributed by atoms with van der Waals surface area (Å²) in [5.41, 5.74) is 1.15. The molecule has 0 aliphatic heterocycles. The smallest absolute Gasteiger partial charge is 0.153 e. The van der Waals surface area contributed by atoms with Gasteiger partial charge >= 0.3 is 0 Å². The molecule has 0 spiro atoms. The summed E-state index contributed by atoms with van der Waals surface area (Å²) in [6.45, 7) is 0.821. The molecule has 2 saturated carbocycles. The summed E-state index contributed by atoms with van der Waals surface area (Å²) < 4.78 is 4.05. The molecule has 2 aromatic heterocycles. The number of hydrogen-bond donors (Lipinski definition) is 0. The van der Waals surface area contributed by atoms with Gasteiger partial charge in [-0.05, 0) is 43.4 Å². The molecule has 2 fully saturated rings. The highest BCUT2D eigenvalue weighted by Gasteiger charge is 2.60. The number of imidazole rings is 1. The van der Waals surface area contributed by atoms with Crippen LogP contribution in [-0.4, -0.2) is 24.3 Å². The second kappa shape index (κ2) is 6.10.